The van der Waals surface area contributed by atoms with Gasteiger partial charge in [0.05, 0.1) is 0 Å². The first kappa shape index (κ1) is 6.93. The Morgan fingerprint density at radius 3 is 3.22 bits per heavy atom. The van der Waals surface area contributed by atoms with Crippen molar-refractivity contribution in [3.63, 3.8) is 0 Å². The standard InChI is InChI=1S/C6H10O2S/c7-6-3-1-2-5(9)4-8-6/h5,9H,1-4H2. The Bertz CT molecular complexity index is 114. The topological polar surface area (TPSA) is 26.3 Å². The van der Waals surface area contributed by atoms with Crippen LogP contribution in [0.2, 0.25) is 0 Å². The third-order valence-corrected chi connectivity index (χ3v) is 1.76. The monoisotopic (exact) mass is 146 g/mol. The Balaban J connectivity index is 2.34. The maximum absolute atomic E-state index is 10.6. The predicted octanol–water partition coefficient (Wildman–Crippen LogP) is 1.01. The van der Waals surface area contributed by atoms with Gasteiger partial charge in [-0.05, 0) is 12.8 Å². The van der Waals surface area contributed by atoms with Gasteiger partial charge in [-0.3, -0.25) is 4.79 Å². The van der Waals surface area contributed by atoms with E-state index in [0.29, 0.717) is 13.0 Å². The molecule has 2 nitrogen and oxygen atoms in total. The van der Waals surface area contributed by atoms with E-state index in [2.05, 4.69) is 12.6 Å². The molecule has 0 spiro atoms. The molecule has 1 fully saturated rings. The molecule has 3 heteroatoms. The van der Waals surface area contributed by atoms with Crippen molar-refractivity contribution in [3.05, 3.63) is 0 Å². The molecule has 9 heavy (non-hydrogen) atoms. The van der Waals surface area contributed by atoms with Crippen LogP contribution in [0.1, 0.15) is 19.3 Å². The second-order valence-electron chi connectivity index (χ2n) is 2.23. The molecule has 0 aromatic heterocycles. The Kier molecular flexibility index (Phi) is 2.39. The second kappa shape index (κ2) is 3.11. The molecular formula is C6H10O2S. The van der Waals surface area contributed by atoms with E-state index in [-0.39, 0.29) is 11.2 Å². The fourth-order valence-electron chi connectivity index (χ4n) is 0.827. The van der Waals surface area contributed by atoms with Crippen molar-refractivity contribution in [1.29, 1.82) is 0 Å². The molecule has 0 aromatic carbocycles. The SMILES string of the molecule is O=C1CCCC(S)CO1. The van der Waals surface area contributed by atoms with Gasteiger partial charge in [0.2, 0.25) is 0 Å². The van der Waals surface area contributed by atoms with Crippen molar-refractivity contribution in [2.45, 2.75) is 24.5 Å². The van der Waals surface area contributed by atoms with Gasteiger partial charge in [0, 0.05) is 11.7 Å². The van der Waals surface area contributed by atoms with Gasteiger partial charge in [0.15, 0.2) is 0 Å². The quantitative estimate of drug-likeness (QED) is 0.408. The van der Waals surface area contributed by atoms with E-state index in [9.17, 15) is 4.79 Å². The van der Waals surface area contributed by atoms with Crippen molar-refractivity contribution < 1.29 is 9.53 Å². The summed E-state index contributed by atoms with van der Waals surface area (Å²) in [7, 11) is 0. The summed E-state index contributed by atoms with van der Waals surface area (Å²) in [6.45, 7) is 0.488. The number of carbonyl (C=O) groups excluding carboxylic acids is 1. The zero-order chi connectivity index (χ0) is 6.69. The first-order valence-electron chi connectivity index (χ1n) is 3.13. The summed E-state index contributed by atoms with van der Waals surface area (Å²) in [4.78, 5) is 10.6. The molecule has 52 valence electrons. The molecule has 0 aliphatic carbocycles. The number of hydrogen-bond acceptors (Lipinski definition) is 3. The van der Waals surface area contributed by atoms with E-state index in [1.807, 2.05) is 0 Å². The predicted molar refractivity (Wildman–Crippen MR) is 37.6 cm³/mol. The van der Waals surface area contributed by atoms with Gasteiger partial charge >= 0.3 is 5.97 Å². The number of thiol groups is 1. The molecule has 1 aliphatic heterocycles. The van der Waals surface area contributed by atoms with Crippen LogP contribution < -0.4 is 0 Å². The fourth-order valence-corrected chi connectivity index (χ4v) is 1.08. The summed E-state index contributed by atoms with van der Waals surface area (Å²) < 4.78 is 4.80. The van der Waals surface area contributed by atoms with Crippen molar-refractivity contribution in [3.8, 4) is 0 Å². The van der Waals surface area contributed by atoms with Crippen molar-refractivity contribution >= 4 is 18.6 Å². The summed E-state index contributed by atoms with van der Waals surface area (Å²) in [5, 5.41) is 0.261. The molecule has 0 N–H and O–H groups in total. The van der Waals surface area contributed by atoms with Crippen LogP contribution >= 0.6 is 12.6 Å². The Hall–Kier alpha value is -0.180. The highest BCUT2D eigenvalue weighted by atomic mass is 32.1. The summed E-state index contributed by atoms with van der Waals surface area (Å²) in [5.41, 5.74) is 0. The molecule has 1 heterocycles. The third kappa shape index (κ3) is 2.26. The fraction of sp³-hybridized carbons (Fsp3) is 0.833. The number of ether oxygens (including phenoxy) is 1. The molecule has 0 bridgehead atoms. The molecule has 1 atom stereocenters. The number of rotatable bonds is 0. The third-order valence-electron chi connectivity index (χ3n) is 1.35. The maximum atomic E-state index is 10.6. The van der Waals surface area contributed by atoms with Crippen LogP contribution in [0.15, 0.2) is 0 Å². The van der Waals surface area contributed by atoms with Gasteiger partial charge < -0.3 is 4.74 Å². The lowest BCUT2D eigenvalue weighted by molar-refractivity contribution is -0.142. The number of hydrogen-bond donors (Lipinski definition) is 1. The molecule has 1 saturated heterocycles. The maximum Gasteiger partial charge on any atom is 0.305 e. The second-order valence-corrected chi connectivity index (χ2v) is 2.96. The number of carbonyl (C=O) groups is 1. The van der Waals surface area contributed by atoms with Crippen LogP contribution in [0.3, 0.4) is 0 Å². The summed E-state index contributed by atoms with van der Waals surface area (Å²) in [6, 6.07) is 0. The van der Waals surface area contributed by atoms with Gasteiger partial charge in [0.25, 0.3) is 0 Å². The van der Waals surface area contributed by atoms with Gasteiger partial charge in [0.1, 0.15) is 6.61 Å². The van der Waals surface area contributed by atoms with E-state index < -0.39 is 0 Å². The number of esters is 1. The zero-order valence-electron chi connectivity index (χ0n) is 5.17. The Labute approximate surface area is 60.0 Å². The van der Waals surface area contributed by atoms with E-state index in [0.717, 1.165) is 12.8 Å². The van der Waals surface area contributed by atoms with Crippen LogP contribution in [-0.4, -0.2) is 17.8 Å². The molecule has 0 amide bonds. The van der Waals surface area contributed by atoms with Crippen LogP contribution in [0.4, 0.5) is 0 Å². The largest absolute Gasteiger partial charge is 0.465 e. The van der Waals surface area contributed by atoms with Gasteiger partial charge in [-0.25, -0.2) is 0 Å². The summed E-state index contributed by atoms with van der Waals surface area (Å²) >= 11 is 4.19. The van der Waals surface area contributed by atoms with E-state index >= 15 is 0 Å². The molecule has 0 radical (unpaired) electrons. The van der Waals surface area contributed by atoms with Gasteiger partial charge in [-0.2, -0.15) is 12.6 Å². The van der Waals surface area contributed by atoms with Gasteiger partial charge in [-0.15, -0.1) is 0 Å². The highest BCUT2D eigenvalue weighted by Crippen LogP contribution is 2.12. The molecular weight excluding hydrogens is 136 g/mol. The Morgan fingerprint density at radius 1 is 1.67 bits per heavy atom. The highest BCUT2D eigenvalue weighted by molar-refractivity contribution is 7.81. The average Bonchev–Trinajstić information content (AvgIpc) is 1.97. The van der Waals surface area contributed by atoms with Crippen molar-refractivity contribution in [2.24, 2.45) is 0 Å². The van der Waals surface area contributed by atoms with Crippen molar-refractivity contribution in [2.75, 3.05) is 6.61 Å². The molecule has 1 unspecified atom stereocenters. The minimum atomic E-state index is -0.0773. The minimum absolute atomic E-state index is 0.0773. The first-order chi connectivity index (χ1) is 4.29. The average molecular weight is 146 g/mol. The normalized spacial score (nSPS) is 29.0. The van der Waals surface area contributed by atoms with Crippen LogP contribution in [-0.2, 0) is 9.53 Å². The van der Waals surface area contributed by atoms with Crippen LogP contribution in [0.5, 0.6) is 0 Å². The van der Waals surface area contributed by atoms with Crippen molar-refractivity contribution in [1.82, 2.24) is 0 Å². The smallest absolute Gasteiger partial charge is 0.305 e. The van der Waals surface area contributed by atoms with Crippen LogP contribution in [0, 0.1) is 0 Å². The summed E-state index contributed by atoms with van der Waals surface area (Å²) in [5.74, 6) is -0.0773. The lowest BCUT2D eigenvalue weighted by Crippen LogP contribution is -2.07. The van der Waals surface area contributed by atoms with E-state index in [1.54, 1.807) is 0 Å². The van der Waals surface area contributed by atoms with Gasteiger partial charge in [-0.1, -0.05) is 0 Å². The first-order valence-corrected chi connectivity index (χ1v) is 3.64. The van der Waals surface area contributed by atoms with E-state index in [1.165, 1.54) is 0 Å². The Morgan fingerprint density at radius 2 is 2.44 bits per heavy atom. The highest BCUT2D eigenvalue weighted by Gasteiger charge is 2.12. The zero-order valence-corrected chi connectivity index (χ0v) is 6.06. The lowest BCUT2D eigenvalue weighted by Gasteiger charge is -2.02. The molecule has 0 aromatic rings. The van der Waals surface area contributed by atoms with Crippen LogP contribution in [0.25, 0.3) is 0 Å². The lowest BCUT2D eigenvalue weighted by atomic mass is 10.2. The minimum Gasteiger partial charge on any atom is -0.465 e. The molecule has 1 rings (SSSR count). The number of cyclic esters (lactones) is 1. The molecule has 0 saturated carbocycles. The molecule has 1 aliphatic rings. The summed E-state index contributed by atoms with van der Waals surface area (Å²) in [6.07, 6.45) is 2.49. The van der Waals surface area contributed by atoms with E-state index in [4.69, 9.17) is 4.74 Å².